The molecule has 5 nitrogen and oxygen atoms in total. The smallest absolute Gasteiger partial charge is 0.338 e. The predicted molar refractivity (Wildman–Crippen MR) is 77.6 cm³/mol. The van der Waals surface area contributed by atoms with Crippen molar-refractivity contribution >= 4 is 23.2 Å². The summed E-state index contributed by atoms with van der Waals surface area (Å²) in [5, 5.41) is 13.2. The molecule has 1 N–H and O–H groups in total. The number of rotatable bonds is 5. The van der Waals surface area contributed by atoms with Crippen LogP contribution in [0.4, 0.5) is 0 Å². The standard InChI is InChI=1S/C15H12N2O3S/c16-8-11-3-5-12(6-4-11)15(19)20-10-14(18)17-9-13-2-1-7-21-13/h1-7H,9-10H2,(H,17,18). The lowest BCUT2D eigenvalue weighted by Gasteiger charge is -2.05. The summed E-state index contributed by atoms with van der Waals surface area (Å²) >= 11 is 1.54. The van der Waals surface area contributed by atoms with Crippen LogP contribution in [0.5, 0.6) is 0 Å². The highest BCUT2D eigenvalue weighted by atomic mass is 32.1. The van der Waals surface area contributed by atoms with Crippen molar-refractivity contribution in [1.82, 2.24) is 5.32 Å². The van der Waals surface area contributed by atoms with Gasteiger partial charge in [-0.05, 0) is 35.7 Å². The molecule has 0 spiro atoms. The molecule has 1 amide bonds. The zero-order valence-corrected chi connectivity index (χ0v) is 11.9. The molecule has 2 aromatic rings. The second kappa shape index (κ2) is 7.22. The first-order valence-corrected chi connectivity index (χ1v) is 7.03. The van der Waals surface area contributed by atoms with Crippen LogP contribution in [0.1, 0.15) is 20.8 Å². The van der Waals surface area contributed by atoms with Gasteiger partial charge in [-0.3, -0.25) is 4.79 Å². The molecule has 1 aromatic carbocycles. The highest BCUT2D eigenvalue weighted by Gasteiger charge is 2.10. The van der Waals surface area contributed by atoms with Crippen molar-refractivity contribution in [3.05, 3.63) is 57.8 Å². The molecule has 6 heteroatoms. The van der Waals surface area contributed by atoms with E-state index in [4.69, 9.17) is 10.00 Å². The van der Waals surface area contributed by atoms with Gasteiger partial charge in [0.05, 0.1) is 23.7 Å². The number of nitrogens with one attached hydrogen (secondary N) is 1. The van der Waals surface area contributed by atoms with E-state index in [0.29, 0.717) is 17.7 Å². The first-order valence-electron chi connectivity index (χ1n) is 6.15. The topological polar surface area (TPSA) is 79.2 Å². The third-order valence-electron chi connectivity index (χ3n) is 2.62. The number of hydrogen-bond donors (Lipinski definition) is 1. The molecule has 106 valence electrons. The molecule has 0 saturated heterocycles. The van der Waals surface area contributed by atoms with E-state index in [2.05, 4.69) is 5.32 Å². The zero-order valence-electron chi connectivity index (χ0n) is 11.0. The third-order valence-corrected chi connectivity index (χ3v) is 3.50. The summed E-state index contributed by atoms with van der Waals surface area (Å²) in [6.07, 6.45) is 0. The van der Waals surface area contributed by atoms with Crippen molar-refractivity contribution in [2.75, 3.05) is 6.61 Å². The number of nitriles is 1. The first-order chi connectivity index (χ1) is 10.2. The maximum Gasteiger partial charge on any atom is 0.338 e. The van der Waals surface area contributed by atoms with Crippen molar-refractivity contribution in [1.29, 1.82) is 5.26 Å². The Hall–Kier alpha value is -2.65. The molecule has 0 unspecified atom stereocenters. The third kappa shape index (κ3) is 4.44. The summed E-state index contributed by atoms with van der Waals surface area (Å²) in [6, 6.07) is 11.8. The lowest BCUT2D eigenvalue weighted by Crippen LogP contribution is -2.28. The van der Waals surface area contributed by atoms with E-state index in [1.54, 1.807) is 11.3 Å². The molecule has 2 rings (SSSR count). The molecule has 0 bridgehead atoms. The molecule has 0 aliphatic rings. The average molecular weight is 300 g/mol. The summed E-state index contributed by atoms with van der Waals surface area (Å²) in [4.78, 5) is 24.3. The summed E-state index contributed by atoms with van der Waals surface area (Å²) in [5.41, 5.74) is 0.764. The number of esters is 1. The Morgan fingerprint density at radius 3 is 2.62 bits per heavy atom. The van der Waals surface area contributed by atoms with Crippen LogP contribution in [0.2, 0.25) is 0 Å². The van der Waals surface area contributed by atoms with Crippen LogP contribution in [0.25, 0.3) is 0 Å². The number of amides is 1. The Kier molecular flexibility index (Phi) is 5.07. The van der Waals surface area contributed by atoms with Crippen LogP contribution in [0.15, 0.2) is 41.8 Å². The number of ether oxygens (including phenoxy) is 1. The van der Waals surface area contributed by atoms with E-state index in [1.165, 1.54) is 24.3 Å². The maximum absolute atomic E-state index is 11.7. The van der Waals surface area contributed by atoms with Gasteiger partial charge in [-0.2, -0.15) is 5.26 Å². The van der Waals surface area contributed by atoms with Crippen LogP contribution >= 0.6 is 11.3 Å². The summed E-state index contributed by atoms with van der Waals surface area (Å²) in [7, 11) is 0. The molecular formula is C15H12N2O3S. The van der Waals surface area contributed by atoms with Crippen LogP contribution in [0.3, 0.4) is 0 Å². The highest BCUT2D eigenvalue weighted by molar-refractivity contribution is 7.09. The van der Waals surface area contributed by atoms with Crippen LogP contribution in [0, 0.1) is 11.3 Å². The fourth-order valence-electron chi connectivity index (χ4n) is 1.55. The minimum atomic E-state index is -0.592. The maximum atomic E-state index is 11.7. The van der Waals surface area contributed by atoms with Gasteiger partial charge in [0.1, 0.15) is 0 Å². The predicted octanol–water partition coefficient (Wildman–Crippen LogP) is 2.09. The number of carbonyl (C=O) groups is 2. The van der Waals surface area contributed by atoms with E-state index < -0.39 is 5.97 Å². The number of thiophene rings is 1. The fraction of sp³-hybridized carbons (Fsp3) is 0.133. The molecule has 0 radical (unpaired) electrons. The van der Waals surface area contributed by atoms with Crippen molar-refractivity contribution in [3.63, 3.8) is 0 Å². The lowest BCUT2D eigenvalue weighted by atomic mass is 10.1. The van der Waals surface area contributed by atoms with E-state index >= 15 is 0 Å². The van der Waals surface area contributed by atoms with Gasteiger partial charge in [-0.25, -0.2) is 4.79 Å². The molecule has 0 atom stereocenters. The molecule has 0 saturated carbocycles. The second-order valence-corrected chi connectivity index (χ2v) is 5.15. The molecule has 0 aliphatic heterocycles. The van der Waals surface area contributed by atoms with E-state index in [0.717, 1.165) is 4.88 Å². The number of hydrogen-bond acceptors (Lipinski definition) is 5. The van der Waals surface area contributed by atoms with Crippen LogP contribution in [-0.4, -0.2) is 18.5 Å². The monoisotopic (exact) mass is 300 g/mol. The summed E-state index contributed by atoms with van der Waals surface area (Å²) < 4.78 is 4.90. The molecule has 0 fully saturated rings. The average Bonchev–Trinajstić information content (AvgIpc) is 3.04. The Balaban J connectivity index is 1.77. The molecule has 21 heavy (non-hydrogen) atoms. The minimum absolute atomic E-state index is 0.306. The second-order valence-electron chi connectivity index (χ2n) is 4.12. The molecule has 0 aliphatic carbocycles. The van der Waals surface area contributed by atoms with Crippen molar-refractivity contribution < 1.29 is 14.3 Å². The first kappa shape index (κ1) is 14.8. The fourth-order valence-corrected chi connectivity index (χ4v) is 2.19. The SMILES string of the molecule is N#Cc1ccc(C(=O)OCC(=O)NCc2cccs2)cc1. The Labute approximate surface area is 125 Å². The van der Waals surface area contributed by atoms with Gasteiger partial charge in [0.2, 0.25) is 0 Å². The van der Waals surface area contributed by atoms with Gasteiger partial charge in [0.15, 0.2) is 6.61 Å². The zero-order chi connectivity index (χ0) is 15.1. The number of nitrogens with zero attached hydrogens (tertiary/aromatic N) is 1. The lowest BCUT2D eigenvalue weighted by molar-refractivity contribution is -0.124. The van der Waals surface area contributed by atoms with Crippen molar-refractivity contribution in [2.45, 2.75) is 6.54 Å². The Bertz CT molecular complexity index is 657. The van der Waals surface area contributed by atoms with Crippen molar-refractivity contribution in [2.24, 2.45) is 0 Å². The summed E-state index contributed by atoms with van der Waals surface area (Å²) in [6.45, 7) is 0.0924. The minimum Gasteiger partial charge on any atom is -0.452 e. The molecule has 1 aromatic heterocycles. The van der Waals surface area contributed by atoms with Crippen LogP contribution in [-0.2, 0) is 16.1 Å². The van der Waals surface area contributed by atoms with Crippen molar-refractivity contribution in [3.8, 4) is 6.07 Å². The number of benzene rings is 1. The van der Waals surface area contributed by atoms with E-state index in [1.807, 2.05) is 23.6 Å². The Morgan fingerprint density at radius 2 is 2.00 bits per heavy atom. The van der Waals surface area contributed by atoms with E-state index in [-0.39, 0.29) is 12.5 Å². The van der Waals surface area contributed by atoms with Gasteiger partial charge in [-0.15, -0.1) is 11.3 Å². The normalized spacial score (nSPS) is 9.67. The summed E-state index contributed by atoms with van der Waals surface area (Å²) in [5.74, 6) is -0.948. The van der Waals surface area contributed by atoms with Gasteiger partial charge in [-0.1, -0.05) is 6.07 Å². The highest BCUT2D eigenvalue weighted by Crippen LogP contribution is 2.07. The van der Waals surface area contributed by atoms with Gasteiger partial charge in [0.25, 0.3) is 5.91 Å². The van der Waals surface area contributed by atoms with Gasteiger partial charge < -0.3 is 10.1 Å². The van der Waals surface area contributed by atoms with Gasteiger partial charge >= 0.3 is 5.97 Å². The quantitative estimate of drug-likeness (QED) is 0.858. The Morgan fingerprint density at radius 1 is 1.24 bits per heavy atom. The van der Waals surface area contributed by atoms with Gasteiger partial charge in [0, 0.05) is 4.88 Å². The molecule has 1 heterocycles. The largest absolute Gasteiger partial charge is 0.452 e. The van der Waals surface area contributed by atoms with Crippen LogP contribution < -0.4 is 5.32 Å². The van der Waals surface area contributed by atoms with E-state index in [9.17, 15) is 9.59 Å². The molecular weight excluding hydrogens is 288 g/mol. The number of carbonyl (C=O) groups excluding carboxylic acids is 2.